The van der Waals surface area contributed by atoms with Gasteiger partial charge in [0.2, 0.25) is 5.91 Å². The van der Waals surface area contributed by atoms with Crippen molar-refractivity contribution < 1.29 is 37.3 Å². The van der Waals surface area contributed by atoms with E-state index in [4.69, 9.17) is 13.8 Å². The van der Waals surface area contributed by atoms with Gasteiger partial charge in [0.25, 0.3) is 0 Å². The zero-order valence-electron chi connectivity index (χ0n) is 49.8. The van der Waals surface area contributed by atoms with Gasteiger partial charge < -0.3 is 19.4 Å². The summed E-state index contributed by atoms with van der Waals surface area (Å²) in [5.41, 5.74) is 0. The summed E-state index contributed by atoms with van der Waals surface area (Å²) in [7, 11) is 1.46. The number of esters is 1. The molecule has 0 bridgehead atoms. The van der Waals surface area contributed by atoms with E-state index in [2.05, 4.69) is 86.8 Å². The van der Waals surface area contributed by atoms with Crippen LogP contribution in [-0.2, 0) is 27.9 Å². The highest BCUT2D eigenvalue weighted by molar-refractivity contribution is 7.47. The van der Waals surface area contributed by atoms with Crippen molar-refractivity contribution in [2.75, 3.05) is 40.9 Å². The monoisotopic (exact) mass is 1070 g/mol. The minimum absolute atomic E-state index is 0.0298. The highest BCUT2D eigenvalue weighted by atomic mass is 31.2. The fourth-order valence-electron chi connectivity index (χ4n) is 8.75. The molecule has 0 aromatic carbocycles. The molecular formula is C65H120N2O7P+. The number of carbonyl (C=O) groups is 2. The molecule has 75 heavy (non-hydrogen) atoms. The summed E-state index contributed by atoms with van der Waals surface area (Å²) in [6, 6.07) is -0.873. The van der Waals surface area contributed by atoms with Crippen LogP contribution >= 0.6 is 7.82 Å². The first-order chi connectivity index (χ1) is 36.4. The molecule has 3 atom stereocenters. The molecule has 0 aliphatic rings. The van der Waals surface area contributed by atoms with Gasteiger partial charge in [-0.25, -0.2) is 4.57 Å². The number of phosphoric ester groups is 1. The smallest absolute Gasteiger partial charge is 0.456 e. The second-order valence-corrected chi connectivity index (χ2v) is 23.7. The molecule has 0 aromatic rings. The first kappa shape index (κ1) is 72.5. The summed E-state index contributed by atoms with van der Waals surface area (Å²) in [6.07, 6.45) is 70.4. The van der Waals surface area contributed by atoms with Gasteiger partial charge in [-0.05, 0) is 96.0 Å². The fraction of sp³-hybridized carbons (Fsp3) is 0.785. The van der Waals surface area contributed by atoms with Crippen molar-refractivity contribution in [1.82, 2.24) is 5.32 Å². The van der Waals surface area contributed by atoms with E-state index in [1.807, 2.05) is 33.3 Å². The molecular weight excluding hydrogens is 952 g/mol. The number of amides is 1. The van der Waals surface area contributed by atoms with Gasteiger partial charge >= 0.3 is 13.8 Å². The zero-order chi connectivity index (χ0) is 55.0. The summed E-state index contributed by atoms with van der Waals surface area (Å²) >= 11 is 0. The third kappa shape index (κ3) is 56.0. The highest BCUT2D eigenvalue weighted by Crippen LogP contribution is 2.43. The molecule has 0 fully saturated rings. The van der Waals surface area contributed by atoms with Crippen LogP contribution in [0.15, 0.2) is 72.9 Å². The summed E-state index contributed by atoms with van der Waals surface area (Å²) in [5, 5.41) is 3.04. The van der Waals surface area contributed by atoms with E-state index in [0.29, 0.717) is 23.9 Å². The van der Waals surface area contributed by atoms with Crippen molar-refractivity contribution in [2.45, 2.75) is 290 Å². The molecule has 0 aliphatic carbocycles. The van der Waals surface area contributed by atoms with Crippen LogP contribution in [0.5, 0.6) is 0 Å². The number of nitrogens with zero attached hydrogens (tertiary/aromatic N) is 1. The lowest BCUT2D eigenvalue weighted by Gasteiger charge is -2.27. The molecule has 9 nitrogen and oxygen atoms in total. The Morgan fingerprint density at radius 3 is 1.28 bits per heavy atom. The van der Waals surface area contributed by atoms with Gasteiger partial charge in [-0.1, -0.05) is 242 Å². The van der Waals surface area contributed by atoms with Crippen LogP contribution in [0.25, 0.3) is 0 Å². The van der Waals surface area contributed by atoms with Gasteiger partial charge in [0.05, 0.1) is 33.8 Å². The van der Waals surface area contributed by atoms with Crippen LogP contribution < -0.4 is 5.32 Å². The first-order valence-corrected chi connectivity index (χ1v) is 32.8. The summed E-state index contributed by atoms with van der Waals surface area (Å²) in [4.78, 5) is 37.7. The molecule has 1 amide bonds. The maximum Gasteiger partial charge on any atom is 0.472 e. The third-order valence-electron chi connectivity index (χ3n) is 13.6. The fourth-order valence-corrected chi connectivity index (χ4v) is 9.49. The normalized spacial score (nSPS) is 14.2. The van der Waals surface area contributed by atoms with Gasteiger partial charge in [-0.15, -0.1) is 0 Å². The quantitative estimate of drug-likeness (QED) is 0.0205. The Morgan fingerprint density at radius 1 is 0.467 bits per heavy atom. The Labute approximate surface area is 463 Å². The second kappa shape index (κ2) is 54.8. The summed E-state index contributed by atoms with van der Waals surface area (Å²) < 4.78 is 30.7. The number of hydrogen-bond acceptors (Lipinski definition) is 6. The average molecular weight is 1070 g/mol. The maximum absolute atomic E-state index is 13.5. The van der Waals surface area contributed by atoms with Crippen LogP contribution in [0.2, 0.25) is 0 Å². The maximum atomic E-state index is 13.5. The Balaban J connectivity index is 5.37. The zero-order valence-corrected chi connectivity index (χ0v) is 50.7. The van der Waals surface area contributed by atoms with E-state index in [1.165, 1.54) is 173 Å². The number of phosphoric acid groups is 1. The van der Waals surface area contributed by atoms with Gasteiger partial charge in [-0.3, -0.25) is 18.6 Å². The van der Waals surface area contributed by atoms with Crippen molar-refractivity contribution in [3.8, 4) is 0 Å². The molecule has 0 aliphatic heterocycles. The van der Waals surface area contributed by atoms with Gasteiger partial charge in [-0.2, -0.15) is 0 Å². The number of quaternary nitrogens is 1. The molecule has 0 radical (unpaired) electrons. The molecule has 2 N–H and O–H groups in total. The highest BCUT2D eigenvalue weighted by Gasteiger charge is 2.30. The standard InChI is InChI=1S/C65H119N2O7P/c1-7-10-13-16-19-22-25-28-30-32-33-35-36-39-42-45-48-51-54-57-64(68)66-62(61-73-75(70,71)72-60-59-67(4,5)6)63(56-53-50-47-44-41-38-27-24-21-18-15-12-9-3)74-65(69)58-55-52-49-46-43-40-37-34-31-29-26-23-20-17-14-11-8-2/h20,23,28-31,37,40,46,49,53,56,62-63H,7-19,21-22,24-27,32-36,38-39,41-45,47-48,50-52,54-55,57-61H2,1-6H3,(H-,66,68,70,71)/p+1/b23-20-,30-28+,31-29-,40-37-,49-46-,56-53+. The van der Waals surface area contributed by atoms with Crippen molar-refractivity contribution >= 4 is 19.7 Å². The van der Waals surface area contributed by atoms with Crippen molar-refractivity contribution in [3.05, 3.63) is 72.9 Å². The Kier molecular flexibility index (Phi) is 52.9. The molecule has 0 heterocycles. The molecule has 10 heteroatoms. The van der Waals surface area contributed by atoms with Crippen molar-refractivity contribution in [1.29, 1.82) is 0 Å². The Bertz CT molecular complexity index is 1510. The van der Waals surface area contributed by atoms with Gasteiger partial charge in [0.1, 0.15) is 19.3 Å². The average Bonchev–Trinajstić information content (AvgIpc) is 3.37. The second-order valence-electron chi connectivity index (χ2n) is 22.2. The number of hydrogen-bond donors (Lipinski definition) is 2. The summed E-state index contributed by atoms with van der Waals surface area (Å²) in [6.45, 7) is 6.96. The van der Waals surface area contributed by atoms with Crippen LogP contribution in [0.1, 0.15) is 278 Å². The van der Waals surface area contributed by atoms with Crippen LogP contribution in [0.3, 0.4) is 0 Å². The molecule has 0 spiro atoms. The van der Waals surface area contributed by atoms with E-state index >= 15 is 0 Å². The topological polar surface area (TPSA) is 111 Å². The van der Waals surface area contributed by atoms with E-state index in [1.54, 1.807) is 0 Å². The van der Waals surface area contributed by atoms with Crippen molar-refractivity contribution in [3.63, 3.8) is 0 Å². The molecule has 0 aromatic heterocycles. The predicted octanol–water partition coefficient (Wildman–Crippen LogP) is 19.2. The Morgan fingerprint density at radius 2 is 0.827 bits per heavy atom. The van der Waals surface area contributed by atoms with E-state index in [-0.39, 0.29) is 31.5 Å². The van der Waals surface area contributed by atoms with Crippen LogP contribution in [0.4, 0.5) is 0 Å². The van der Waals surface area contributed by atoms with Gasteiger partial charge in [0.15, 0.2) is 0 Å². The van der Waals surface area contributed by atoms with Crippen LogP contribution in [0, 0.1) is 0 Å². The lowest BCUT2D eigenvalue weighted by Crippen LogP contribution is -2.47. The number of rotatable bonds is 56. The SMILES string of the molecule is CCCCC/C=C\C/C=C\C/C=C\C/C=C\CCCC(=O)OC(/C=C/CCCCCCCCCCCCC)C(COP(=O)(O)OCC[N+](C)(C)C)NC(=O)CCCCCCCCCCC/C=C/CCCCCCCC. The number of unbranched alkanes of at least 4 members (excludes halogenated alkanes) is 30. The Hall–Kier alpha value is -2.55. The summed E-state index contributed by atoms with van der Waals surface area (Å²) in [5.74, 6) is -0.569. The van der Waals surface area contributed by atoms with Crippen molar-refractivity contribution in [2.24, 2.45) is 0 Å². The molecule has 0 rings (SSSR count). The van der Waals surface area contributed by atoms with Gasteiger partial charge in [0, 0.05) is 12.8 Å². The van der Waals surface area contributed by atoms with E-state index in [9.17, 15) is 19.0 Å². The number of carbonyl (C=O) groups excluding carboxylic acids is 2. The van der Waals surface area contributed by atoms with E-state index in [0.717, 1.165) is 64.2 Å². The lowest BCUT2D eigenvalue weighted by molar-refractivity contribution is -0.870. The number of ether oxygens (including phenoxy) is 1. The lowest BCUT2D eigenvalue weighted by atomic mass is 10.0. The predicted molar refractivity (Wildman–Crippen MR) is 323 cm³/mol. The third-order valence-corrected chi connectivity index (χ3v) is 14.6. The largest absolute Gasteiger partial charge is 0.472 e. The number of allylic oxidation sites excluding steroid dienone is 11. The number of nitrogens with one attached hydrogen (secondary N) is 1. The van der Waals surface area contributed by atoms with Crippen LogP contribution in [-0.4, -0.2) is 74.3 Å². The minimum Gasteiger partial charge on any atom is -0.456 e. The first-order valence-electron chi connectivity index (χ1n) is 31.3. The minimum atomic E-state index is -4.46. The van der Waals surface area contributed by atoms with E-state index < -0.39 is 20.0 Å². The molecule has 0 saturated heterocycles. The molecule has 3 unspecified atom stereocenters. The molecule has 436 valence electrons. The molecule has 0 saturated carbocycles. The number of likely N-dealkylation sites (N-methyl/N-ethyl adjacent to an activating group) is 1.